The van der Waals surface area contributed by atoms with Crippen molar-refractivity contribution in [3.8, 4) is 11.5 Å². The standard InChI is InChI=1S/C14H21NO4/c1-17-12-7-5-10(8-13(12)18-2)4-6-11(15)9-14(16)19-3/h5,7-8,11H,4,6,9,15H2,1-3H3/t11-/m1/s1. The second-order valence-corrected chi connectivity index (χ2v) is 4.27. The van der Waals surface area contributed by atoms with Crippen molar-refractivity contribution in [2.75, 3.05) is 21.3 Å². The largest absolute Gasteiger partial charge is 0.493 e. The molecule has 0 bridgehead atoms. The lowest BCUT2D eigenvalue weighted by molar-refractivity contribution is -0.141. The average molecular weight is 267 g/mol. The predicted octanol–water partition coefficient (Wildman–Crippen LogP) is 1.53. The minimum atomic E-state index is -0.278. The zero-order valence-electron chi connectivity index (χ0n) is 11.6. The summed E-state index contributed by atoms with van der Waals surface area (Å²) in [7, 11) is 4.57. The van der Waals surface area contributed by atoms with Crippen molar-refractivity contribution in [2.45, 2.75) is 25.3 Å². The van der Waals surface area contributed by atoms with Gasteiger partial charge in [0, 0.05) is 6.04 Å². The van der Waals surface area contributed by atoms with Gasteiger partial charge in [-0.25, -0.2) is 0 Å². The minimum Gasteiger partial charge on any atom is -0.493 e. The maximum Gasteiger partial charge on any atom is 0.307 e. The molecule has 0 aliphatic heterocycles. The van der Waals surface area contributed by atoms with Crippen molar-refractivity contribution in [3.05, 3.63) is 23.8 Å². The maximum absolute atomic E-state index is 11.1. The molecule has 0 saturated heterocycles. The van der Waals surface area contributed by atoms with Gasteiger partial charge in [0.1, 0.15) is 0 Å². The zero-order chi connectivity index (χ0) is 14.3. The van der Waals surface area contributed by atoms with Gasteiger partial charge in [0.2, 0.25) is 0 Å². The van der Waals surface area contributed by atoms with Crippen LogP contribution in [0.3, 0.4) is 0 Å². The number of hydrogen-bond donors (Lipinski definition) is 1. The molecule has 1 rings (SSSR count). The number of carbonyl (C=O) groups excluding carboxylic acids is 1. The van der Waals surface area contributed by atoms with Crippen molar-refractivity contribution >= 4 is 5.97 Å². The number of aryl methyl sites for hydroxylation is 1. The van der Waals surface area contributed by atoms with Crippen LogP contribution in [0, 0.1) is 0 Å². The Morgan fingerprint density at radius 3 is 2.47 bits per heavy atom. The first-order valence-electron chi connectivity index (χ1n) is 6.14. The molecule has 19 heavy (non-hydrogen) atoms. The third kappa shape index (κ3) is 4.79. The molecule has 0 saturated carbocycles. The minimum absolute atomic E-state index is 0.194. The molecule has 1 aromatic carbocycles. The molecule has 0 radical (unpaired) electrons. The van der Waals surface area contributed by atoms with Crippen molar-refractivity contribution in [3.63, 3.8) is 0 Å². The van der Waals surface area contributed by atoms with Gasteiger partial charge < -0.3 is 19.9 Å². The van der Waals surface area contributed by atoms with E-state index in [1.54, 1.807) is 14.2 Å². The Morgan fingerprint density at radius 1 is 1.21 bits per heavy atom. The summed E-state index contributed by atoms with van der Waals surface area (Å²) in [6.07, 6.45) is 1.73. The van der Waals surface area contributed by atoms with Crippen LogP contribution >= 0.6 is 0 Å². The number of hydrogen-bond acceptors (Lipinski definition) is 5. The normalized spacial score (nSPS) is 11.8. The van der Waals surface area contributed by atoms with Crippen molar-refractivity contribution in [1.82, 2.24) is 0 Å². The van der Waals surface area contributed by atoms with E-state index in [9.17, 15) is 4.79 Å². The van der Waals surface area contributed by atoms with Crippen molar-refractivity contribution in [1.29, 1.82) is 0 Å². The van der Waals surface area contributed by atoms with Crippen LogP contribution in [0.1, 0.15) is 18.4 Å². The number of carbonyl (C=O) groups is 1. The smallest absolute Gasteiger partial charge is 0.307 e. The molecular formula is C14H21NO4. The quantitative estimate of drug-likeness (QED) is 0.758. The average Bonchev–Trinajstić information content (AvgIpc) is 2.44. The highest BCUT2D eigenvalue weighted by atomic mass is 16.5. The van der Waals surface area contributed by atoms with Gasteiger partial charge in [0.15, 0.2) is 11.5 Å². The van der Waals surface area contributed by atoms with E-state index < -0.39 is 0 Å². The number of benzene rings is 1. The van der Waals surface area contributed by atoms with E-state index in [-0.39, 0.29) is 18.4 Å². The maximum atomic E-state index is 11.1. The van der Waals surface area contributed by atoms with Crippen LogP contribution in [0.15, 0.2) is 18.2 Å². The van der Waals surface area contributed by atoms with Gasteiger partial charge in [-0.05, 0) is 30.5 Å². The Bertz CT molecular complexity index is 420. The molecule has 0 fully saturated rings. The number of esters is 1. The monoisotopic (exact) mass is 267 g/mol. The highest BCUT2D eigenvalue weighted by Gasteiger charge is 2.10. The van der Waals surface area contributed by atoms with E-state index in [4.69, 9.17) is 15.2 Å². The first-order chi connectivity index (χ1) is 9.10. The lowest BCUT2D eigenvalue weighted by Gasteiger charge is -2.12. The Hall–Kier alpha value is -1.75. The molecule has 1 atom stereocenters. The molecule has 0 unspecified atom stereocenters. The number of ether oxygens (including phenoxy) is 3. The highest BCUT2D eigenvalue weighted by molar-refractivity contribution is 5.69. The van der Waals surface area contributed by atoms with Crippen LogP contribution in [0.25, 0.3) is 0 Å². The summed E-state index contributed by atoms with van der Waals surface area (Å²) in [5.41, 5.74) is 6.96. The molecule has 0 aliphatic rings. The highest BCUT2D eigenvalue weighted by Crippen LogP contribution is 2.28. The fraction of sp³-hybridized carbons (Fsp3) is 0.500. The van der Waals surface area contributed by atoms with E-state index in [0.29, 0.717) is 17.9 Å². The van der Waals surface area contributed by atoms with Crippen molar-refractivity contribution < 1.29 is 19.0 Å². The molecule has 0 aromatic heterocycles. The summed E-state index contributed by atoms with van der Waals surface area (Å²) in [6, 6.07) is 5.55. The lowest BCUT2D eigenvalue weighted by Crippen LogP contribution is -2.25. The second kappa shape index (κ2) is 7.63. The van der Waals surface area contributed by atoms with Crippen LogP contribution in [0.2, 0.25) is 0 Å². The summed E-state index contributed by atoms with van der Waals surface area (Å²) in [5, 5.41) is 0. The Labute approximate surface area is 113 Å². The Morgan fingerprint density at radius 2 is 1.89 bits per heavy atom. The van der Waals surface area contributed by atoms with Gasteiger partial charge in [0.05, 0.1) is 27.8 Å². The molecule has 0 aliphatic carbocycles. The van der Waals surface area contributed by atoms with Gasteiger partial charge >= 0.3 is 5.97 Å². The zero-order valence-corrected chi connectivity index (χ0v) is 11.6. The Balaban J connectivity index is 2.55. The SMILES string of the molecule is COC(=O)C[C@H](N)CCc1ccc(OC)c(OC)c1. The summed E-state index contributed by atoms with van der Waals surface area (Å²) in [6.45, 7) is 0. The molecule has 0 amide bonds. The molecule has 106 valence electrons. The summed E-state index contributed by atoms with van der Waals surface area (Å²) in [4.78, 5) is 11.1. The van der Waals surface area contributed by atoms with Gasteiger partial charge in [-0.3, -0.25) is 4.79 Å². The van der Waals surface area contributed by atoms with Gasteiger partial charge in [0.25, 0.3) is 0 Å². The first-order valence-corrected chi connectivity index (χ1v) is 6.14. The predicted molar refractivity (Wildman–Crippen MR) is 72.5 cm³/mol. The molecule has 2 N–H and O–H groups in total. The van der Waals surface area contributed by atoms with Crippen LogP contribution in [0.5, 0.6) is 11.5 Å². The van der Waals surface area contributed by atoms with Crippen LogP contribution in [-0.2, 0) is 16.0 Å². The third-order valence-corrected chi connectivity index (χ3v) is 2.91. The summed E-state index contributed by atoms with van der Waals surface area (Å²) >= 11 is 0. The van der Waals surface area contributed by atoms with E-state index in [2.05, 4.69) is 4.74 Å². The van der Waals surface area contributed by atoms with E-state index >= 15 is 0 Å². The summed E-state index contributed by atoms with van der Waals surface area (Å²) in [5.74, 6) is 1.12. The van der Waals surface area contributed by atoms with E-state index in [0.717, 1.165) is 12.0 Å². The first kappa shape index (κ1) is 15.3. The van der Waals surface area contributed by atoms with Gasteiger partial charge in [-0.2, -0.15) is 0 Å². The van der Waals surface area contributed by atoms with Crippen molar-refractivity contribution in [2.24, 2.45) is 5.73 Å². The number of methoxy groups -OCH3 is 3. The van der Waals surface area contributed by atoms with Crippen LogP contribution in [-0.4, -0.2) is 33.3 Å². The molecule has 1 aromatic rings. The van der Waals surface area contributed by atoms with Crippen LogP contribution < -0.4 is 15.2 Å². The van der Waals surface area contributed by atoms with Gasteiger partial charge in [-0.15, -0.1) is 0 Å². The molecule has 0 spiro atoms. The van der Waals surface area contributed by atoms with E-state index in [1.165, 1.54) is 7.11 Å². The third-order valence-electron chi connectivity index (χ3n) is 2.91. The molecule has 5 heteroatoms. The number of rotatable bonds is 7. The fourth-order valence-corrected chi connectivity index (χ4v) is 1.79. The second-order valence-electron chi connectivity index (χ2n) is 4.27. The summed E-state index contributed by atoms with van der Waals surface area (Å²) < 4.78 is 15.0. The molecule has 0 heterocycles. The fourth-order valence-electron chi connectivity index (χ4n) is 1.79. The topological polar surface area (TPSA) is 70.8 Å². The van der Waals surface area contributed by atoms with Crippen LogP contribution in [0.4, 0.5) is 0 Å². The van der Waals surface area contributed by atoms with E-state index in [1.807, 2.05) is 18.2 Å². The lowest BCUT2D eigenvalue weighted by atomic mass is 10.0. The Kier molecular flexibility index (Phi) is 6.15. The number of nitrogens with two attached hydrogens (primary N) is 1. The molecule has 5 nitrogen and oxygen atoms in total. The van der Waals surface area contributed by atoms with Gasteiger partial charge in [-0.1, -0.05) is 6.07 Å². The molecular weight excluding hydrogens is 246 g/mol.